The third-order valence-electron chi connectivity index (χ3n) is 4.88. The van der Waals surface area contributed by atoms with Crippen LogP contribution in [0.5, 0.6) is 17.2 Å². The van der Waals surface area contributed by atoms with Gasteiger partial charge in [0.1, 0.15) is 5.75 Å². The van der Waals surface area contributed by atoms with Crippen molar-refractivity contribution in [2.75, 3.05) is 13.1 Å². The van der Waals surface area contributed by atoms with Gasteiger partial charge in [-0.3, -0.25) is 10.0 Å². The Hall–Kier alpha value is -2.54. The van der Waals surface area contributed by atoms with Crippen LogP contribution >= 0.6 is 12.4 Å². The van der Waals surface area contributed by atoms with Crippen molar-refractivity contribution < 1.29 is 41.1 Å². The van der Waals surface area contributed by atoms with Crippen molar-refractivity contribution >= 4 is 28.2 Å². The monoisotopic (exact) mass is 496 g/mol. The second-order valence-electron chi connectivity index (χ2n) is 6.76. The standard InChI is InChI=1S/C19H19F3N2O6S.ClH/c20-19(21,22)30-16-4-2-1-3-15(16)29-13-5-7-14(8-6-13)31(27,28)18(17(25)24-26)9-11-23-12-10-18;/h1-8,23,26H,9-12H2,(H,24,25);1H. The summed E-state index contributed by atoms with van der Waals surface area (Å²) in [6, 6.07) is 10.0. The second kappa shape index (κ2) is 9.94. The molecule has 0 aliphatic carbocycles. The van der Waals surface area contributed by atoms with Gasteiger partial charge in [-0.05, 0) is 62.3 Å². The Balaban J connectivity index is 0.00000363. The Morgan fingerprint density at radius 3 is 2.12 bits per heavy atom. The summed E-state index contributed by atoms with van der Waals surface area (Å²) in [7, 11) is -4.20. The summed E-state index contributed by atoms with van der Waals surface area (Å²) in [6.07, 6.45) is -4.99. The minimum atomic E-state index is -4.91. The molecule has 176 valence electrons. The van der Waals surface area contributed by atoms with Crippen molar-refractivity contribution in [2.24, 2.45) is 0 Å². The van der Waals surface area contributed by atoms with E-state index < -0.39 is 32.6 Å². The summed E-state index contributed by atoms with van der Waals surface area (Å²) in [6.45, 7) is 0.535. The van der Waals surface area contributed by atoms with Crippen LogP contribution in [0.3, 0.4) is 0 Å². The minimum absolute atomic E-state index is 0. The Labute approximate surface area is 188 Å². The molecule has 2 aromatic carbocycles. The van der Waals surface area contributed by atoms with E-state index in [-0.39, 0.29) is 54.7 Å². The summed E-state index contributed by atoms with van der Waals surface area (Å²) < 4.78 is 71.6. The van der Waals surface area contributed by atoms with E-state index in [1.54, 1.807) is 0 Å². The molecule has 8 nitrogen and oxygen atoms in total. The highest BCUT2D eigenvalue weighted by molar-refractivity contribution is 7.93. The molecule has 0 unspecified atom stereocenters. The zero-order valence-electron chi connectivity index (χ0n) is 16.4. The quantitative estimate of drug-likeness (QED) is 0.415. The molecule has 1 fully saturated rings. The summed E-state index contributed by atoms with van der Waals surface area (Å²) in [4.78, 5) is 12.1. The molecule has 0 radical (unpaired) electrons. The van der Waals surface area contributed by atoms with Gasteiger partial charge in [-0.2, -0.15) is 0 Å². The molecule has 2 aromatic rings. The van der Waals surface area contributed by atoms with E-state index in [1.807, 2.05) is 0 Å². The first-order valence-electron chi connectivity index (χ1n) is 9.12. The second-order valence-corrected chi connectivity index (χ2v) is 9.02. The summed E-state index contributed by atoms with van der Waals surface area (Å²) in [5.41, 5.74) is 1.44. The number of sulfone groups is 1. The van der Waals surface area contributed by atoms with E-state index in [4.69, 9.17) is 9.94 Å². The van der Waals surface area contributed by atoms with Crippen LogP contribution in [0.25, 0.3) is 0 Å². The SMILES string of the molecule is Cl.O=C(NO)C1(S(=O)(=O)c2ccc(Oc3ccccc3OC(F)(F)F)cc2)CCNCC1. The van der Waals surface area contributed by atoms with E-state index in [0.29, 0.717) is 0 Å². The minimum Gasteiger partial charge on any atom is -0.453 e. The first kappa shape index (κ1) is 25.7. The maximum atomic E-state index is 13.2. The molecule has 3 N–H and O–H groups in total. The van der Waals surface area contributed by atoms with Gasteiger partial charge in [-0.1, -0.05) is 12.1 Å². The highest BCUT2D eigenvalue weighted by atomic mass is 35.5. The number of amides is 1. The normalized spacial score (nSPS) is 15.9. The molecular formula is C19H20ClF3N2O6S. The van der Waals surface area contributed by atoms with Gasteiger partial charge in [-0.15, -0.1) is 25.6 Å². The van der Waals surface area contributed by atoms with Crippen LogP contribution in [0, 0.1) is 0 Å². The fourth-order valence-electron chi connectivity index (χ4n) is 3.33. The smallest absolute Gasteiger partial charge is 0.453 e. The molecule has 32 heavy (non-hydrogen) atoms. The number of carbonyl (C=O) groups excluding carboxylic acids is 1. The molecule has 0 bridgehead atoms. The number of rotatable bonds is 6. The lowest BCUT2D eigenvalue weighted by Crippen LogP contribution is -2.57. The number of carbonyl (C=O) groups is 1. The lowest BCUT2D eigenvalue weighted by molar-refractivity contribution is -0.275. The van der Waals surface area contributed by atoms with Crippen LogP contribution in [0.1, 0.15) is 12.8 Å². The van der Waals surface area contributed by atoms with Crippen molar-refractivity contribution in [1.82, 2.24) is 10.8 Å². The maximum absolute atomic E-state index is 13.2. The van der Waals surface area contributed by atoms with Gasteiger partial charge in [-0.25, -0.2) is 13.9 Å². The fraction of sp³-hybridized carbons (Fsp3) is 0.316. The topological polar surface area (TPSA) is 114 Å². The molecule has 1 aliphatic heterocycles. The third-order valence-corrected chi connectivity index (χ3v) is 7.39. The average molecular weight is 497 g/mol. The lowest BCUT2D eigenvalue weighted by Gasteiger charge is -2.34. The molecule has 1 amide bonds. The number of halogens is 4. The maximum Gasteiger partial charge on any atom is 0.573 e. The molecule has 3 rings (SSSR count). The van der Waals surface area contributed by atoms with Crippen LogP contribution in [0.2, 0.25) is 0 Å². The molecular weight excluding hydrogens is 477 g/mol. The van der Waals surface area contributed by atoms with Crippen molar-refractivity contribution in [1.29, 1.82) is 0 Å². The number of benzene rings is 2. The van der Waals surface area contributed by atoms with E-state index in [1.165, 1.54) is 47.9 Å². The first-order chi connectivity index (χ1) is 14.6. The number of hydrogen-bond donors (Lipinski definition) is 3. The Kier molecular flexibility index (Phi) is 7.99. The van der Waals surface area contributed by atoms with Crippen molar-refractivity contribution in [3.05, 3.63) is 48.5 Å². The van der Waals surface area contributed by atoms with E-state index >= 15 is 0 Å². The van der Waals surface area contributed by atoms with E-state index in [2.05, 4.69) is 10.1 Å². The zero-order valence-corrected chi connectivity index (χ0v) is 18.0. The molecule has 0 saturated carbocycles. The Bertz CT molecular complexity index is 1040. The molecule has 0 aromatic heterocycles. The summed E-state index contributed by atoms with van der Waals surface area (Å²) in [5, 5.41) is 12.0. The highest BCUT2D eigenvalue weighted by Gasteiger charge is 2.51. The van der Waals surface area contributed by atoms with Crippen molar-refractivity contribution in [3.8, 4) is 17.2 Å². The van der Waals surface area contributed by atoms with Gasteiger partial charge in [0.25, 0.3) is 5.91 Å². The van der Waals surface area contributed by atoms with Gasteiger partial charge in [0.05, 0.1) is 4.90 Å². The van der Waals surface area contributed by atoms with E-state index in [9.17, 15) is 26.4 Å². The molecule has 1 saturated heterocycles. The summed E-state index contributed by atoms with van der Waals surface area (Å²) >= 11 is 0. The Morgan fingerprint density at radius 2 is 1.59 bits per heavy atom. The van der Waals surface area contributed by atoms with Crippen LogP contribution in [0.15, 0.2) is 53.4 Å². The van der Waals surface area contributed by atoms with Crippen LogP contribution in [0.4, 0.5) is 13.2 Å². The number of piperidine rings is 1. The number of para-hydroxylation sites is 2. The van der Waals surface area contributed by atoms with Crippen LogP contribution < -0.4 is 20.3 Å². The number of ether oxygens (including phenoxy) is 2. The van der Waals surface area contributed by atoms with Gasteiger partial charge >= 0.3 is 6.36 Å². The largest absolute Gasteiger partial charge is 0.573 e. The number of hydrogen-bond acceptors (Lipinski definition) is 7. The highest BCUT2D eigenvalue weighted by Crippen LogP contribution is 2.37. The average Bonchev–Trinajstić information content (AvgIpc) is 2.74. The number of hydroxylamine groups is 1. The van der Waals surface area contributed by atoms with E-state index in [0.717, 1.165) is 6.07 Å². The fourth-order valence-corrected chi connectivity index (χ4v) is 5.31. The zero-order chi connectivity index (χ0) is 22.7. The lowest BCUT2D eigenvalue weighted by atomic mass is 9.96. The molecule has 1 heterocycles. The third kappa shape index (κ3) is 5.26. The number of nitrogens with one attached hydrogen (secondary N) is 2. The molecule has 0 atom stereocenters. The van der Waals surface area contributed by atoms with Crippen molar-refractivity contribution in [3.63, 3.8) is 0 Å². The number of alkyl halides is 3. The van der Waals surface area contributed by atoms with Crippen LogP contribution in [-0.2, 0) is 14.6 Å². The van der Waals surface area contributed by atoms with Gasteiger partial charge in [0.15, 0.2) is 26.1 Å². The van der Waals surface area contributed by atoms with Gasteiger partial charge in [0.2, 0.25) is 0 Å². The van der Waals surface area contributed by atoms with Crippen molar-refractivity contribution in [2.45, 2.75) is 28.8 Å². The first-order valence-corrected chi connectivity index (χ1v) is 10.6. The van der Waals surface area contributed by atoms with Gasteiger partial charge < -0.3 is 14.8 Å². The van der Waals surface area contributed by atoms with Gasteiger partial charge in [0, 0.05) is 0 Å². The molecule has 0 spiro atoms. The Morgan fingerprint density at radius 1 is 1.03 bits per heavy atom. The predicted molar refractivity (Wildman–Crippen MR) is 109 cm³/mol. The van der Waals surface area contributed by atoms with Crippen LogP contribution in [-0.4, -0.2) is 43.7 Å². The predicted octanol–water partition coefficient (Wildman–Crippen LogP) is 3.20. The molecule has 13 heteroatoms. The molecule has 1 aliphatic rings. The summed E-state index contributed by atoms with van der Waals surface area (Å²) in [5.74, 6) is -1.74.